The normalized spacial score (nSPS) is 18.9. The van der Waals surface area contributed by atoms with Gasteiger partial charge >= 0.3 is 6.18 Å². The van der Waals surface area contributed by atoms with E-state index in [2.05, 4.69) is 15.0 Å². The van der Waals surface area contributed by atoms with Crippen LogP contribution in [0.2, 0.25) is 0 Å². The number of alkyl halides is 3. The number of hydrogen-bond donors (Lipinski definition) is 2. The summed E-state index contributed by atoms with van der Waals surface area (Å²) in [6, 6.07) is 0.614. The lowest BCUT2D eigenvalue weighted by Crippen LogP contribution is -2.46. The van der Waals surface area contributed by atoms with Crippen LogP contribution < -0.4 is 10.2 Å². The Bertz CT molecular complexity index is 1000. The Morgan fingerprint density at radius 3 is 2.66 bits per heavy atom. The van der Waals surface area contributed by atoms with Crippen LogP contribution in [0.3, 0.4) is 0 Å². The zero-order valence-corrected chi connectivity index (χ0v) is 17.1. The zero-order valence-electron chi connectivity index (χ0n) is 17.1. The van der Waals surface area contributed by atoms with E-state index in [9.17, 15) is 27.2 Å². The molecule has 2 saturated heterocycles. The van der Waals surface area contributed by atoms with E-state index in [-0.39, 0.29) is 30.5 Å². The third kappa shape index (κ3) is 4.68. The Morgan fingerprint density at radius 1 is 1.19 bits per heavy atom. The largest absolute Gasteiger partial charge is 0.405 e. The van der Waals surface area contributed by atoms with Gasteiger partial charge in [-0.3, -0.25) is 9.59 Å². The molecule has 12 heteroatoms. The van der Waals surface area contributed by atoms with Crippen molar-refractivity contribution in [3.63, 3.8) is 0 Å². The number of amides is 2. The van der Waals surface area contributed by atoms with Crippen LogP contribution in [0.15, 0.2) is 18.5 Å². The molecule has 2 N–H and O–H groups in total. The third-order valence-corrected chi connectivity index (χ3v) is 5.58. The fourth-order valence-electron chi connectivity index (χ4n) is 4.03. The van der Waals surface area contributed by atoms with E-state index < -0.39 is 30.5 Å². The molecular weight excluding hydrogens is 432 g/mol. The molecule has 2 fully saturated rings. The number of carbonyl (C=O) groups is 2. The fraction of sp³-hybridized carbons (Fsp3) is 0.500. The molecule has 2 aliphatic rings. The molecule has 0 spiro atoms. The highest BCUT2D eigenvalue weighted by molar-refractivity contribution is 5.94. The summed E-state index contributed by atoms with van der Waals surface area (Å²) in [5, 5.41) is 1.85. The van der Waals surface area contributed by atoms with E-state index in [1.54, 1.807) is 11.0 Å². The average Bonchev–Trinajstić information content (AvgIpc) is 3.52. The van der Waals surface area contributed by atoms with Crippen molar-refractivity contribution < 1.29 is 27.2 Å². The summed E-state index contributed by atoms with van der Waals surface area (Å²) >= 11 is 0. The van der Waals surface area contributed by atoms with Crippen molar-refractivity contribution >= 4 is 17.6 Å². The number of aromatic amines is 1. The molecule has 32 heavy (non-hydrogen) atoms. The van der Waals surface area contributed by atoms with E-state index in [1.807, 2.05) is 5.32 Å². The van der Waals surface area contributed by atoms with Gasteiger partial charge in [0.05, 0.1) is 6.20 Å². The molecular formula is C20H22F4N6O2. The zero-order chi connectivity index (χ0) is 22.9. The van der Waals surface area contributed by atoms with Gasteiger partial charge in [0, 0.05) is 31.4 Å². The van der Waals surface area contributed by atoms with Gasteiger partial charge in [0.1, 0.15) is 18.3 Å². The Hall–Kier alpha value is -3.18. The van der Waals surface area contributed by atoms with Crippen molar-refractivity contribution in [1.82, 2.24) is 25.2 Å². The molecule has 0 radical (unpaired) electrons. The second-order valence-corrected chi connectivity index (χ2v) is 7.85. The van der Waals surface area contributed by atoms with Crippen molar-refractivity contribution in [3.8, 4) is 11.4 Å². The van der Waals surface area contributed by atoms with Gasteiger partial charge in [-0.05, 0) is 31.7 Å². The SMILES string of the molecule is O=C(NCC(F)(F)F)[C@H]1CCCN1c1nc(-c2c[nH]c(C(=O)N3CCCC3)c2)ncc1F. The second-order valence-electron chi connectivity index (χ2n) is 7.85. The number of H-pyrrole nitrogens is 1. The quantitative estimate of drug-likeness (QED) is 0.678. The minimum absolute atomic E-state index is 0.138. The summed E-state index contributed by atoms with van der Waals surface area (Å²) in [5.41, 5.74) is 0.827. The van der Waals surface area contributed by atoms with Crippen molar-refractivity contribution in [2.75, 3.05) is 31.1 Å². The minimum atomic E-state index is -4.54. The van der Waals surface area contributed by atoms with Crippen LogP contribution in [0.25, 0.3) is 11.4 Å². The summed E-state index contributed by atoms with van der Waals surface area (Å²) in [7, 11) is 0. The number of rotatable bonds is 5. The van der Waals surface area contributed by atoms with E-state index >= 15 is 0 Å². The molecule has 0 unspecified atom stereocenters. The lowest BCUT2D eigenvalue weighted by atomic mass is 10.2. The number of carbonyl (C=O) groups excluding carboxylic acids is 2. The molecule has 172 valence electrons. The smallest absolute Gasteiger partial charge is 0.356 e. The molecule has 0 aliphatic carbocycles. The molecule has 2 aromatic rings. The maximum Gasteiger partial charge on any atom is 0.405 e. The number of nitrogens with one attached hydrogen (secondary N) is 2. The van der Waals surface area contributed by atoms with Crippen LogP contribution in [0, 0.1) is 5.82 Å². The van der Waals surface area contributed by atoms with Crippen LogP contribution >= 0.6 is 0 Å². The van der Waals surface area contributed by atoms with Gasteiger partial charge in [0.25, 0.3) is 5.91 Å². The Balaban J connectivity index is 1.54. The van der Waals surface area contributed by atoms with Gasteiger partial charge in [-0.15, -0.1) is 0 Å². The van der Waals surface area contributed by atoms with Crippen LogP contribution in [0.5, 0.6) is 0 Å². The topological polar surface area (TPSA) is 94.2 Å². The number of aromatic nitrogens is 3. The summed E-state index contributed by atoms with van der Waals surface area (Å²) in [6.07, 6.45) is 0.648. The highest BCUT2D eigenvalue weighted by atomic mass is 19.4. The van der Waals surface area contributed by atoms with Gasteiger partial charge in [-0.25, -0.2) is 14.4 Å². The van der Waals surface area contributed by atoms with E-state index in [0.717, 1.165) is 19.0 Å². The summed E-state index contributed by atoms with van der Waals surface area (Å²) in [5.74, 6) is -1.78. The van der Waals surface area contributed by atoms with Gasteiger partial charge in [-0.1, -0.05) is 0 Å². The Labute approximate surface area is 181 Å². The van der Waals surface area contributed by atoms with Crippen LogP contribution in [-0.4, -0.2) is 70.1 Å². The number of nitrogens with zero attached hydrogens (tertiary/aromatic N) is 4. The lowest BCUT2D eigenvalue weighted by molar-refractivity contribution is -0.139. The minimum Gasteiger partial charge on any atom is -0.356 e. The van der Waals surface area contributed by atoms with Crippen molar-refractivity contribution in [3.05, 3.63) is 30.0 Å². The van der Waals surface area contributed by atoms with Crippen LogP contribution in [0.1, 0.15) is 36.2 Å². The average molecular weight is 454 g/mol. The van der Waals surface area contributed by atoms with Crippen LogP contribution in [0.4, 0.5) is 23.4 Å². The fourth-order valence-corrected chi connectivity index (χ4v) is 4.03. The Morgan fingerprint density at radius 2 is 1.94 bits per heavy atom. The molecule has 4 heterocycles. The first kappa shape index (κ1) is 22.0. The van der Waals surface area contributed by atoms with Gasteiger partial charge in [-0.2, -0.15) is 13.2 Å². The molecule has 0 saturated carbocycles. The first-order valence-electron chi connectivity index (χ1n) is 10.3. The predicted molar refractivity (Wildman–Crippen MR) is 106 cm³/mol. The van der Waals surface area contributed by atoms with Crippen molar-refractivity contribution in [1.29, 1.82) is 0 Å². The molecule has 0 bridgehead atoms. The molecule has 4 rings (SSSR count). The molecule has 1 atom stereocenters. The Kier molecular flexibility index (Phi) is 6.02. The maximum absolute atomic E-state index is 14.5. The van der Waals surface area contributed by atoms with Gasteiger partial charge in [0.15, 0.2) is 17.5 Å². The standard InChI is InChI=1S/C20H22F4N6O2/c21-13-10-26-16(12-8-14(25-9-12)19(32)29-5-1-2-6-29)28-17(13)30-7-3-4-15(30)18(31)27-11-20(22,23)24/h8-10,15,25H,1-7,11H2,(H,27,31)/t15-/m1/s1. The lowest BCUT2D eigenvalue weighted by Gasteiger charge is -2.25. The van der Waals surface area contributed by atoms with Crippen molar-refractivity contribution in [2.24, 2.45) is 0 Å². The van der Waals surface area contributed by atoms with E-state index in [4.69, 9.17) is 0 Å². The molecule has 8 nitrogen and oxygen atoms in total. The summed E-state index contributed by atoms with van der Waals surface area (Å²) in [4.78, 5) is 39.0. The third-order valence-electron chi connectivity index (χ3n) is 5.58. The summed E-state index contributed by atoms with van der Waals surface area (Å²) < 4.78 is 51.9. The molecule has 2 amide bonds. The van der Waals surface area contributed by atoms with Gasteiger partial charge in [0.2, 0.25) is 5.91 Å². The monoisotopic (exact) mass is 454 g/mol. The van der Waals surface area contributed by atoms with Crippen LogP contribution in [-0.2, 0) is 4.79 Å². The van der Waals surface area contributed by atoms with E-state index in [1.165, 1.54) is 11.1 Å². The maximum atomic E-state index is 14.5. The molecule has 2 aromatic heterocycles. The summed E-state index contributed by atoms with van der Waals surface area (Å²) in [6.45, 7) is 0.197. The molecule has 0 aromatic carbocycles. The highest BCUT2D eigenvalue weighted by Crippen LogP contribution is 2.29. The first-order chi connectivity index (χ1) is 15.2. The number of hydrogen-bond acceptors (Lipinski definition) is 5. The second kappa shape index (κ2) is 8.75. The number of anilines is 1. The highest BCUT2D eigenvalue weighted by Gasteiger charge is 2.36. The molecule has 2 aliphatic heterocycles. The first-order valence-corrected chi connectivity index (χ1v) is 10.3. The number of halogens is 4. The number of likely N-dealkylation sites (tertiary alicyclic amines) is 1. The van der Waals surface area contributed by atoms with Crippen molar-refractivity contribution in [2.45, 2.75) is 37.9 Å². The predicted octanol–water partition coefficient (Wildman–Crippen LogP) is 2.49. The van der Waals surface area contributed by atoms with Gasteiger partial charge < -0.3 is 20.1 Å². The van der Waals surface area contributed by atoms with E-state index in [0.29, 0.717) is 30.8 Å².